The van der Waals surface area contributed by atoms with E-state index in [1.807, 2.05) is 13.8 Å². The molecule has 0 saturated carbocycles. The summed E-state index contributed by atoms with van der Waals surface area (Å²) < 4.78 is 4.97. The van der Waals surface area contributed by atoms with Crippen LogP contribution in [0.25, 0.3) is 0 Å². The summed E-state index contributed by atoms with van der Waals surface area (Å²) in [6.07, 6.45) is 1.79. The summed E-state index contributed by atoms with van der Waals surface area (Å²) in [4.78, 5) is 10.8. The predicted molar refractivity (Wildman–Crippen MR) is 44.5 cm³/mol. The molecule has 2 nitrogen and oxygen atoms in total. The molecule has 0 rings (SSSR count). The van der Waals surface area contributed by atoms with E-state index in [1.165, 1.54) is 0 Å². The molecule has 0 spiro atoms. The Morgan fingerprint density at radius 2 is 2.40 bits per heavy atom. The summed E-state index contributed by atoms with van der Waals surface area (Å²) in [5.41, 5.74) is 0. The fourth-order valence-electron chi connectivity index (χ4n) is 0.410. The molecule has 58 valence electrons. The molecule has 0 bridgehead atoms. The first-order valence-electron chi connectivity index (χ1n) is 3.46. The summed E-state index contributed by atoms with van der Waals surface area (Å²) in [5.74, 6) is -0.0640. The maximum absolute atomic E-state index is 10.8. The molecule has 0 N–H and O–H groups in total. The third kappa shape index (κ3) is 4.32. The number of hydrogen-bond donors (Lipinski definition) is 0. The second-order valence-corrected chi connectivity index (χ2v) is 3.67. The van der Waals surface area contributed by atoms with Crippen LogP contribution in [-0.2, 0) is 9.22 Å². The van der Waals surface area contributed by atoms with Crippen molar-refractivity contribution in [3.8, 4) is 0 Å². The molecule has 3 heteroatoms. The van der Waals surface area contributed by atoms with Crippen LogP contribution in [0.3, 0.4) is 0 Å². The molecular formula is C7H14O2Si. The van der Waals surface area contributed by atoms with E-state index in [2.05, 4.69) is 6.58 Å². The fraction of sp³-hybridized carbons (Fsp3) is 0.571. The van der Waals surface area contributed by atoms with Gasteiger partial charge in [-0.3, -0.25) is 4.79 Å². The lowest BCUT2D eigenvalue weighted by Gasteiger charge is -2.04. The standard InChI is InChI=1S/C7H14O2Si/c1-4-5-10-9-7(8)6(2)3/h4,6H,1,5,10H2,2-3H3. The van der Waals surface area contributed by atoms with Gasteiger partial charge in [0.25, 0.3) is 5.97 Å². The molecule has 0 aromatic rings. The van der Waals surface area contributed by atoms with Crippen LogP contribution in [-0.4, -0.2) is 15.7 Å². The quantitative estimate of drug-likeness (QED) is 0.345. The van der Waals surface area contributed by atoms with Crippen LogP contribution in [0.4, 0.5) is 0 Å². The first kappa shape index (κ1) is 9.43. The van der Waals surface area contributed by atoms with Crippen LogP contribution < -0.4 is 0 Å². The zero-order chi connectivity index (χ0) is 7.98. The zero-order valence-electron chi connectivity index (χ0n) is 6.59. The molecule has 0 aliphatic carbocycles. The average molecular weight is 158 g/mol. The number of carbonyl (C=O) groups excluding carboxylic acids is 1. The number of allylic oxidation sites excluding steroid dienone is 1. The lowest BCUT2D eigenvalue weighted by molar-refractivity contribution is -0.137. The maximum Gasteiger partial charge on any atom is 0.294 e. The molecule has 0 unspecified atom stereocenters. The lowest BCUT2D eigenvalue weighted by atomic mass is 10.2. The minimum atomic E-state index is -0.647. The molecule has 0 fully saturated rings. The van der Waals surface area contributed by atoms with E-state index in [0.29, 0.717) is 0 Å². The van der Waals surface area contributed by atoms with Crippen molar-refractivity contribution in [1.29, 1.82) is 0 Å². The van der Waals surface area contributed by atoms with E-state index in [4.69, 9.17) is 4.43 Å². The molecular weight excluding hydrogens is 144 g/mol. The molecule has 0 aromatic carbocycles. The highest BCUT2D eigenvalue weighted by Gasteiger charge is 2.05. The van der Waals surface area contributed by atoms with E-state index in [-0.39, 0.29) is 11.9 Å². The fourth-order valence-corrected chi connectivity index (χ4v) is 1.23. The summed E-state index contributed by atoms with van der Waals surface area (Å²) >= 11 is 0. The molecule has 0 aliphatic heterocycles. The highest BCUT2D eigenvalue weighted by molar-refractivity contribution is 6.31. The van der Waals surface area contributed by atoms with Crippen molar-refractivity contribution in [2.75, 3.05) is 0 Å². The van der Waals surface area contributed by atoms with Crippen molar-refractivity contribution in [2.24, 2.45) is 5.92 Å². The largest absolute Gasteiger partial charge is 0.524 e. The first-order chi connectivity index (χ1) is 4.68. The first-order valence-corrected chi connectivity index (χ1v) is 5.03. The molecule has 0 heterocycles. The molecule has 0 aromatic heterocycles. The average Bonchev–Trinajstić information content (AvgIpc) is 1.88. The van der Waals surface area contributed by atoms with Crippen molar-refractivity contribution in [2.45, 2.75) is 19.9 Å². The van der Waals surface area contributed by atoms with Crippen molar-refractivity contribution < 1.29 is 9.22 Å². The minimum Gasteiger partial charge on any atom is -0.524 e. The van der Waals surface area contributed by atoms with Crippen molar-refractivity contribution in [3.05, 3.63) is 12.7 Å². The Bertz CT molecular complexity index is 121. The second kappa shape index (κ2) is 5.23. The summed E-state index contributed by atoms with van der Waals surface area (Å²) in [6, 6.07) is 0.873. The van der Waals surface area contributed by atoms with Crippen LogP contribution in [0, 0.1) is 5.92 Å². The number of rotatable bonds is 4. The predicted octanol–water partition coefficient (Wildman–Crippen LogP) is 0.874. The van der Waals surface area contributed by atoms with E-state index in [9.17, 15) is 4.79 Å². The van der Waals surface area contributed by atoms with Gasteiger partial charge in [-0.25, -0.2) is 0 Å². The summed E-state index contributed by atoms with van der Waals surface area (Å²) in [7, 11) is -0.647. The second-order valence-electron chi connectivity index (χ2n) is 2.40. The van der Waals surface area contributed by atoms with E-state index in [0.717, 1.165) is 6.04 Å². The molecule has 10 heavy (non-hydrogen) atoms. The van der Waals surface area contributed by atoms with Gasteiger partial charge in [-0.1, -0.05) is 19.9 Å². The van der Waals surface area contributed by atoms with Crippen LogP contribution in [0.1, 0.15) is 13.8 Å². The zero-order valence-corrected chi connectivity index (χ0v) is 8.01. The van der Waals surface area contributed by atoms with E-state index < -0.39 is 9.76 Å². The maximum atomic E-state index is 10.8. The Labute approximate surface area is 64.2 Å². The topological polar surface area (TPSA) is 26.3 Å². The van der Waals surface area contributed by atoms with Gasteiger partial charge in [0.1, 0.15) is 0 Å². The van der Waals surface area contributed by atoms with Gasteiger partial charge in [0, 0.05) is 5.92 Å². The van der Waals surface area contributed by atoms with Gasteiger partial charge in [-0.05, 0) is 6.04 Å². The van der Waals surface area contributed by atoms with Gasteiger partial charge in [-0.2, -0.15) is 0 Å². The number of hydrogen-bond acceptors (Lipinski definition) is 2. The smallest absolute Gasteiger partial charge is 0.294 e. The van der Waals surface area contributed by atoms with Crippen molar-refractivity contribution in [3.63, 3.8) is 0 Å². The van der Waals surface area contributed by atoms with Gasteiger partial charge < -0.3 is 4.43 Å². The van der Waals surface area contributed by atoms with Crippen LogP contribution in [0.5, 0.6) is 0 Å². The Kier molecular flexibility index (Phi) is 4.93. The molecule has 0 atom stereocenters. The summed E-state index contributed by atoms with van der Waals surface area (Å²) in [5, 5.41) is 0. The van der Waals surface area contributed by atoms with Crippen LogP contribution in [0.15, 0.2) is 12.7 Å². The van der Waals surface area contributed by atoms with Crippen LogP contribution in [0.2, 0.25) is 6.04 Å². The van der Waals surface area contributed by atoms with Gasteiger partial charge in [0.15, 0.2) is 0 Å². The molecule has 0 amide bonds. The van der Waals surface area contributed by atoms with E-state index >= 15 is 0 Å². The highest BCUT2D eigenvalue weighted by Crippen LogP contribution is 1.95. The van der Waals surface area contributed by atoms with Gasteiger partial charge in [0.05, 0.1) is 0 Å². The lowest BCUT2D eigenvalue weighted by Crippen LogP contribution is -2.13. The summed E-state index contributed by atoms with van der Waals surface area (Å²) in [6.45, 7) is 7.22. The molecule has 0 radical (unpaired) electrons. The third-order valence-corrected chi connectivity index (χ3v) is 2.17. The van der Waals surface area contributed by atoms with Gasteiger partial charge >= 0.3 is 0 Å². The number of carbonyl (C=O) groups is 1. The SMILES string of the molecule is C=CC[SiH2]OC(=O)C(C)C. The Balaban J connectivity index is 3.30. The van der Waals surface area contributed by atoms with E-state index in [1.54, 1.807) is 6.08 Å². The van der Waals surface area contributed by atoms with Crippen LogP contribution >= 0.6 is 0 Å². The monoisotopic (exact) mass is 158 g/mol. The molecule has 0 saturated heterocycles. The molecule has 0 aliphatic rings. The highest BCUT2D eigenvalue weighted by atomic mass is 28.2. The minimum absolute atomic E-state index is 0.0114. The Morgan fingerprint density at radius 3 is 2.80 bits per heavy atom. The van der Waals surface area contributed by atoms with Crippen molar-refractivity contribution in [1.82, 2.24) is 0 Å². The Morgan fingerprint density at radius 1 is 1.80 bits per heavy atom. The normalized spacial score (nSPS) is 10.7. The third-order valence-electron chi connectivity index (χ3n) is 1.04. The van der Waals surface area contributed by atoms with Gasteiger partial charge in [-0.15, -0.1) is 6.58 Å². The van der Waals surface area contributed by atoms with Crippen molar-refractivity contribution >= 4 is 15.7 Å². The van der Waals surface area contributed by atoms with Gasteiger partial charge in [0.2, 0.25) is 9.76 Å². The Hall–Kier alpha value is -0.573.